The SMILES string of the molecule is Cc1ccn(-c2nc(Nc3ccc(Cl)c(C(F)(F)F)c3)c3ccn(C)c3n2)n1. The van der Waals surface area contributed by atoms with Gasteiger partial charge in [0.25, 0.3) is 5.95 Å². The molecule has 6 nitrogen and oxygen atoms in total. The van der Waals surface area contributed by atoms with Gasteiger partial charge in [-0.1, -0.05) is 11.6 Å². The maximum Gasteiger partial charge on any atom is 0.417 e. The number of anilines is 2. The van der Waals surface area contributed by atoms with Crippen LogP contribution in [0.5, 0.6) is 0 Å². The third kappa shape index (κ3) is 3.29. The lowest BCUT2D eigenvalue weighted by molar-refractivity contribution is -0.137. The number of nitrogens with zero attached hydrogens (tertiary/aromatic N) is 5. The Hall–Kier alpha value is -3.07. The van der Waals surface area contributed by atoms with E-state index < -0.39 is 11.7 Å². The first-order valence-electron chi connectivity index (χ1n) is 8.22. The minimum absolute atomic E-state index is 0.211. The van der Waals surface area contributed by atoms with E-state index in [0.717, 1.165) is 11.8 Å². The monoisotopic (exact) mass is 406 g/mol. The number of nitrogens with one attached hydrogen (secondary N) is 1. The van der Waals surface area contributed by atoms with Crippen LogP contribution < -0.4 is 5.32 Å². The molecular weight excluding hydrogens is 393 g/mol. The summed E-state index contributed by atoms with van der Waals surface area (Å²) < 4.78 is 42.8. The molecule has 4 aromatic rings. The van der Waals surface area contributed by atoms with Gasteiger partial charge in [-0.25, -0.2) is 4.68 Å². The minimum atomic E-state index is -4.56. The summed E-state index contributed by atoms with van der Waals surface area (Å²) in [5, 5.41) is 7.55. The van der Waals surface area contributed by atoms with Crippen LogP contribution in [0, 0.1) is 6.92 Å². The molecule has 1 N–H and O–H groups in total. The molecule has 0 radical (unpaired) electrons. The Morgan fingerprint density at radius 2 is 1.86 bits per heavy atom. The van der Waals surface area contributed by atoms with Crippen LogP contribution in [-0.2, 0) is 13.2 Å². The number of hydrogen-bond donors (Lipinski definition) is 1. The number of benzene rings is 1. The molecule has 0 aliphatic carbocycles. The largest absolute Gasteiger partial charge is 0.417 e. The van der Waals surface area contributed by atoms with Crippen molar-refractivity contribution in [3.63, 3.8) is 0 Å². The molecule has 0 aliphatic rings. The number of halogens is 4. The zero-order valence-corrected chi connectivity index (χ0v) is 15.5. The molecule has 1 aromatic carbocycles. The van der Waals surface area contributed by atoms with Gasteiger partial charge in [-0.2, -0.15) is 28.2 Å². The van der Waals surface area contributed by atoms with Crippen LogP contribution in [0.15, 0.2) is 42.7 Å². The van der Waals surface area contributed by atoms with Gasteiger partial charge in [-0.05, 0) is 37.3 Å². The van der Waals surface area contributed by atoms with Crippen LogP contribution >= 0.6 is 11.6 Å². The lowest BCUT2D eigenvalue weighted by Gasteiger charge is -2.13. The molecular formula is C18H14ClF3N6. The van der Waals surface area contributed by atoms with Gasteiger partial charge < -0.3 is 9.88 Å². The molecule has 4 rings (SSSR count). The first kappa shape index (κ1) is 18.3. The molecule has 0 spiro atoms. The van der Waals surface area contributed by atoms with Crippen LogP contribution in [0.25, 0.3) is 17.0 Å². The van der Waals surface area contributed by atoms with Crippen molar-refractivity contribution in [1.29, 1.82) is 0 Å². The van der Waals surface area contributed by atoms with E-state index in [1.165, 1.54) is 16.8 Å². The summed E-state index contributed by atoms with van der Waals surface area (Å²) in [6, 6.07) is 7.22. The highest BCUT2D eigenvalue weighted by Crippen LogP contribution is 2.37. The van der Waals surface area contributed by atoms with Crippen molar-refractivity contribution < 1.29 is 13.2 Å². The first-order chi connectivity index (χ1) is 13.2. The Morgan fingerprint density at radius 3 is 2.54 bits per heavy atom. The molecule has 3 heterocycles. The molecule has 0 bridgehead atoms. The van der Waals surface area contributed by atoms with Gasteiger partial charge in [0.2, 0.25) is 0 Å². The molecule has 0 saturated carbocycles. The minimum Gasteiger partial charge on any atom is -0.339 e. The summed E-state index contributed by atoms with van der Waals surface area (Å²) >= 11 is 5.70. The van der Waals surface area contributed by atoms with Crippen molar-refractivity contribution in [2.45, 2.75) is 13.1 Å². The average Bonchev–Trinajstić information content (AvgIpc) is 3.22. The average molecular weight is 407 g/mol. The Balaban J connectivity index is 1.83. The summed E-state index contributed by atoms with van der Waals surface area (Å²) in [4.78, 5) is 8.96. The fraction of sp³-hybridized carbons (Fsp3) is 0.167. The number of rotatable bonds is 3. The molecule has 28 heavy (non-hydrogen) atoms. The van der Waals surface area contributed by atoms with E-state index in [1.807, 2.05) is 14.0 Å². The van der Waals surface area contributed by atoms with Gasteiger partial charge in [-0.3, -0.25) is 0 Å². The summed E-state index contributed by atoms with van der Waals surface area (Å²) in [6.07, 6.45) is -1.04. The Kier molecular flexibility index (Phi) is 4.26. The molecule has 0 atom stereocenters. The quantitative estimate of drug-likeness (QED) is 0.527. The number of aromatic nitrogens is 5. The summed E-state index contributed by atoms with van der Waals surface area (Å²) in [5.74, 6) is 0.666. The Labute approximate surface area is 162 Å². The molecule has 0 amide bonds. The predicted molar refractivity (Wildman–Crippen MR) is 100 cm³/mol. The van der Waals surface area contributed by atoms with Crippen molar-refractivity contribution in [1.82, 2.24) is 24.3 Å². The maximum atomic E-state index is 13.2. The smallest absolute Gasteiger partial charge is 0.339 e. The zero-order chi connectivity index (χ0) is 20.1. The van der Waals surface area contributed by atoms with Crippen LogP contribution in [0.2, 0.25) is 5.02 Å². The lowest BCUT2D eigenvalue weighted by atomic mass is 10.2. The van der Waals surface area contributed by atoms with E-state index in [9.17, 15) is 13.2 Å². The second-order valence-electron chi connectivity index (χ2n) is 6.26. The van der Waals surface area contributed by atoms with Crippen molar-refractivity contribution in [3.05, 3.63) is 59.0 Å². The van der Waals surface area contributed by atoms with Gasteiger partial charge >= 0.3 is 6.18 Å². The Morgan fingerprint density at radius 1 is 1.07 bits per heavy atom. The first-order valence-corrected chi connectivity index (χ1v) is 8.59. The topological polar surface area (TPSA) is 60.6 Å². The standard InChI is InChI=1S/C18H14ClF3N6/c1-10-5-8-28(26-10)17-24-15(12-6-7-27(2)16(12)25-17)23-11-3-4-14(19)13(9-11)18(20,21)22/h3-9H,1-2H3,(H,23,24,25). The van der Waals surface area contributed by atoms with Gasteiger partial charge in [0, 0.05) is 25.1 Å². The molecule has 0 aliphatic heterocycles. The van der Waals surface area contributed by atoms with Crippen LogP contribution in [-0.4, -0.2) is 24.3 Å². The summed E-state index contributed by atoms with van der Waals surface area (Å²) in [5.41, 5.74) is 0.701. The third-order valence-corrected chi connectivity index (χ3v) is 4.50. The normalized spacial score (nSPS) is 11.9. The van der Waals surface area contributed by atoms with E-state index in [4.69, 9.17) is 11.6 Å². The van der Waals surface area contributed by atoms with E-state index in [0.29, 0.717) is 22.8 Å². The molecule has 0 saturated heterocycles. The van der Waals surface area contributed by atoms with Crippen LogP contribution in [0.1, 0.15) is 11.3 Å². The number of aryl methyl sites for hydroxylation is 2. The van der Waals surface area contributed by atoms with Gasteiger partial charge in [0.15, 0.2) is 0 Å². The zero-order valence-electron chi connectivity index (χ0n) is 14.8. The molecule has 3 aromatic heterocycles. The molecule has 0 fully saturated rings. The molecule has 0 unspecified atom stereocenters. The van der Waals surface area contributed by atoms with Crippen LogP contribution in [0.3, 0.4) is 0 Å². The molecule has 144 valence electrons. The highest BCUT2D eigenvalue weighted by molar-refractivity contribution is 6.31. The highest BCUT2D eigenvalue weighted by Gasteiger charge is 2.33. The fourth-order valence-corrected chi connectivity index (χ4v) is 3.03. The van der Waals surface area contributed by atoms with Gasteiger partial charge in [0.1, 0.15) is 11.5 Å². The summed E-state index contributed by atoms with van der Waals surface area (Å²) in [7, 11) is 1.82. The van der Waals surface area contributed by atoms with E-state index >= 15 is 0 Å². The number of hydrogen-bond acceptors (Lipinski definition) is 4. The second-order valence-corrected chi connectivity index (χ2v) is 6.66. The van der Waals surface area contributed by atoms with E-state index in [1.54, 1.807) is 29.1 Å². The maximum absolute atomic E-state index is 13.2. The van der Waals surface area contributed by atoms with Gasteiger partial charge in [0.05, 0.1) is 21.7 Å². The lowest BCUT2D eigenvalue weighted by Crippen LogP contribution is -2.08. The van der Waals surface area contributed by atoms with Crippen molar-refractivity contribution >= 4 is 34.1 Å². The predicted octanol–water partition coefficient (Wildman–Crippen LogP) is 4.88. The second kappa shape index (κ2) is 6.52. The molecule has 10 heteroatoms. The van der Waals surface area contributed by atoms with E-state index in [-0.39, 0.29) is 10.7 Å². The Bertz CT molecular complexity index is 1180. The van der Waals surface area contributed by atoms with Crippen molar-refractivity contribution in [3.8, 4) is 5.95 Å². The fourth-order valence-electron chi connectivity index (χ4n) is 2.81. The van der Waals surface area contributed by atoms with Gasteiger partial charge in [-0.15, -0.1) is 0 Å². The van der Waals surface area contributed by atoms with Crippen LogP contribution in [0.4, 0.5) is 24.7 Å². The number of alkyl halides is 3. The highest BCUT2D eigenvalue weighted by atomic mass is 35.5. The number of fused-ring (bicyclic) bond motifs is 1. The van der Waals surface area contributed by atoms with Crippen molar-refractivity contribution in [2.24, 2.45) is 7.05 Å². The third-order valence-electron chi connectivity index (χ3n) is 4.17. The summed E-state index contributed by atoms with van der Waals surface area (Å²) in [6.45, 7) is 1.84. The van der Waals surface area contributed by atoms with Crippen molar-refractivity contribution in [2.75, 3.05) is 5.32 Å². The van der Waals surface area contributed by atoms with E-state index in [2.05, 4.69) is 20.4 Å².